The molecule has 0 fully saturated rings. The Balaban J connectivity index is 0.00000484. The molecule has 23 heavy (non-hydrogen) atoms. The third kappa shape index (κ3) is 9.81. The number of ether oxygens (including phenoxy) is 1. The Morgan fingerprint density at radius 2 is 1.78 bits per heavy atom. The van der Waals surface area contributed by atoms with Crippen LogP contribution in [0.25, 0.3) is 0 Å². The highest BCUT2D eigenvalue weighted by Gasteiger charge is 2.10. The number of benzene rings is 1. The molecule has 1 aromatic carbocycles. The standard InChI is InChI=1S/C18H31N3O.HI/c1-14(2)16(4)21-18(19-5)20-11-15(3)12-22-13-17-9-7-6-8-10-17;/h6-10,14-16H,11-13H2,1-5H3,(H2,19,20,21);1H. The molecule has 132 valence electrons. The van der Waals surface area contributed by atoms with Gasteiger partial charge in [0.05, 0.1) is 13.2 Å². The Morgan fingerprint density at radius 3 is 2.35 bits per heavy atom. The second kappa shape index (κ2) is 12.6. The van der Waals surface area contributed by atoms with E-state index in [1.54, 1.807) is 7.05 Å². The van der Waals surface area contributed by atoms with E-state index in [0.717, 1.165) is 19.1 Å². The van der Waals surface area contributed by atoms with Crippen LogP contribution in [0.3, 0.4) is 0 Å². The monoisotopic (exact) mass is 433 g/mol. The Morgan fingerprint density at radius 1 is 1.13 bits per heavy atom. The minimum atomic E-state index is 0. The molecule has 0 spiro atoms. The summed E-state index contributed by atoms with van der Waals surface area (Å²) in [6, 6.07) is 10.7. The van der Waals surface area contributed by atoms with Crippen LogP contribution in [0.1, 0.15) is 33.3 Å². The molecular formula is C18H32IN3O. The number of aliphatic imine (C=N–C) groups is 1. The van der Waals surface area contributed by atoms with Crippen molar-refractivity contribution in [2.75, 3.05) is 20.2 Å². The van der Waals surface area contributed by atoms with Gasteiger partial charge in [-0.1, -0.05) is 51.1 Å². The Labute approximate surface area is 158 Å². The zero-order valence-corrected chi connectivity index (χ0v) is 17.3. The van der Waals surface area contributed by atoms with E-state index in [4.69, 9.17) is 4.74 Å². The summed E-state index contributed by atoms with van der Waals surface area (Å²) in [6.07, 6.45) is 0. The van der Waals surface area contributed by atoms with Crippen LogP contribution >= 0.6 is 24.0 Å². The SMILES string of the molecule is CN=C(NCC(C)COCc1ccccc1)NC(C)C(C)C.I. The number of hydrogen-bond donors (Lipinski definition) is 2. The van der Waals surface area contributed by atoms with Crippen molar-refractivity contribution in [1.82, 2.24) is 10.6 Å². The molecular weight excluding hydrogens is 401 g/mol. The lowest BCUT2D eigenvalue weighted by molar-refractivity contribution is 0.0931. The van der Waals surface area contributed by atoms with E-state index in [-0.39, 0.29) is 24.0 Å². The first-order valence-corrected chi connectivity index (χ1v) is 8.11. The lowest BCUT2D eigenvalue weighted by Gasteiger charge is -2.22. The maximum Gasteiger partial charge on any atom is 0.191 e. The van der Waals surface area contributed by atoms with Gasteiger partial charge in [0.15, 0.2) is 5.96 Å². The maximum atomic E-state index is 5.77. The lowest BCUT2D eigenvalue weighted by Crippen LogP contribution is -2.45. The van der Waals surface area contributed by atoms with E-state index < -0.39 is 0 Å². The molecule has 0 radical (unpaired) electrons. The van der Waals surface area contributed by atoms with Crippen molar-refractivity contribution in [3.05, 3.63) is 35.9 Å². The Kier molecular flexibility index (Phi) is 12.1. The van der Waals surface area contributed by atoms with Gasteiger partial charge in [-0.3, -0.25) is 4.99 Å². The molecule has 1 rings (SSSR count). The van der Waals surface area contributed by atoms with Gasteiger partial charge >= 0.3 is 0 Å². The van der Waals surface area contributed by atoms with E-state index in [1.165, 1.54) is 5.56 Å². The summed E-state index contributed by atoms with van der Waals surface area (Å²) in [5.74, 6) is 1.86. The van der Waals surface area contributed by atoms with Crippen LogP contribution in [0.2, 0.25) is 0 Å². The van der Waals surface area contributed by atoms with E-state index >= 15 is 0 Å². The Bertz CT molecular complexity index is 437. The molecule has 0 saturated carbocycles. The van der Waals surface area contributed by atoms with Gasteiger partial charge in [0.25, 0.3) is 0 Å². The summed E-state index contributed by atoms with van der Waals surface area (Å²) in [5.41, 5.74) is 1.21. The van der Waals surface area contributed by atoms with E-state index in [2.05, 4.69) is 55.5 Å². The van der Waals surface area contributed by atoms with Gasteiger partial charge in [-0.2, -0.15) is 0 Å². The molecule has 0 heterocycles. The highest BCUT2D eigenvalue weighted by Crippen LogP contribution is 2.03. The largest absolute Gasteiger partial charge is 0.376 e. The predicted octanol–water partition coefficient (Wildman–Crippen LogP) is 3.67. The zero-order valence-electron chi connectivity index (χ0n) is 15.0. The first kappa shape index (κ1) is 22.2. The summed E-state index contributed by atoms with van der Waals surface area (Å²) >= 11 is 0. The number of nitrogens with zero attached hydrogens (tertiary/aromatic N) is 1. The number of rotatable bonds is 8. The van der Waals surface area contributed by atoms with Crippen molar-refractivity contribution in [3.63, 3.8) is 0 Å². The van der Waals surface area contributed by atoms with Crippen molar-refractivity contribution in [2.45, 2.75) is 40.3 Å². The third-order valence-electron chi connectivity index (χ3n) is 3.72. The van der Waals surface area contributed by atoms with Crippen molar-refractivity contribution in [3.8, 4) is 0 Å². The zero-order chi connectivity index (χ0) is 16.4. The summed E-state index contributed by atoms with van der Waals surface area (Å²) in [5, 5.41) is 6.76. The van der Waals surface area contributed by atoms with Gasteiger partial charge in [0.2, 0.25) is 0 Å². The van der Waals surface area contributed by atoms with Crippen LogP contribution in [-0.2, 0) is 11.3 Å². The maximum absolute atomic E-state index is 5.77. The number of halogens is 1. The average Bonchev–Trinajstić information content (AvgIpc) is 2.52. The average molecular weight is 433 g/mol. The van der Waals surface area contributed by atoms with Gasteiger partial charge in [-0.25, -0.2) is 0 Å². The smallest absolute Gasteiger partial charge is 0.191 e. The quantitative estimate of drug-likeness (QED) is 0.374. The van der Waals surface area contributed by atoms with Gasteiger partial charge < -0.3 is 15.4 Å². The molecule has 0 aliphatic heterocycles. The molecule has 2 atom stereocenters. The molecule has 2 unspecified atom stereocenters. The summed E-state index contributed by atoms with van der Waals surface area (Å²) in [6.45, 7) is 11.0. The first-order chi connectivity index (χ1) is 10.5. The molecule has 1 aromatic rings. The van der Waals surface area contributed by atoms with Gasteiger partial charge in [-0.05, 0) is 24.3 Å². The minimum absolute atomic E-state index is 0. The molecule has 0 amide bonds. The topological polar surface area (TPSA) is 45.7 Å². The predicted molar refractivity (Wildman–Crippen MR) is 109 cm³/mol. The number of guanidine groups is 1. The fourth-order valence-corrected chi connectivity index (χ4v) is 1.86. The molecule has 5 heteroatoms. The van der Waals surface area contributed by atoms with Crippen LogP contribution in [0.5, 0.6) is 0 Å². The van der Waals surface area contributed by atoms with Crippen LogP contribution in [0.4, 0.5) is 0 Å². The van der Waals surface area contributed by atoms with Gasteiger partial charge in [-0.15, -0.1) is 24.0 Å². The second-order valence-electron chi connectivity index (χ2n) is 6.24. The number of hydrogen-bond acceptors (Lipinski definition) is 2. The van der Waals surface area contributed by atoms with Gasteiger partial charge in [0.1, 0.15) is 0 Å². The molecule has 0 bridgehead atoms. The van der Waals surface area contributed by atoms with Crippen LogP contribution < -0.4 is 10.6 Å². The molecule has 2 N–H and O–H groups in total. The highest BCUT2D eigenvalue weighted by atomic mass is 127. The van der Waals surface area contributed by atoms with Crippen molar-refractivity contribution in [2.24, 2.45) is 16.8 Å². The summed E-state index contributed by atoms with van der Waals surface area (Å²) in [7, 11) is 1.80. The molecule has 0 aliphatic rings. The Hall–Kier alpha value is -0.820. The normalized spacial score (nSPS) is 14.1. The summed E-state index contributed by atoms with van der Waals surface area (Å²) < 4.78 is 5.77. The van der Waals surface area contributed by atoms with E-state index in [0.29, 0.717) is 24.5 Å². The van der Waals surface area contributed by atoms with E-state index in [1.807, 2.05) is 18.2 Å². The van der Waals surface area contributed by atoms with Crippen LogP contribution in [0.15, 0.2) is 35.3 Å². The first-order valence-electron chi connectivity index (χ1n) is 8.11. The van der Waals surface area contributed by atoms with Crippen LogP contribution in [0, 0.1) is 11.8 Å². The van der Waals surface area contributed by atoms with Gasteiger partial charge in [0, 0.05) is 19.6 Å². The molecule has 0 aromatic heterocycles. The number of nitrogens with one attached hydrogen (secondary N) is 2. The van der Waals surface area contributed by atoms with E-state index in [9.17, 15) is 0 Å². The highest BCUT2D eigenvalue weighted by molar-refractivity contribution is 14.0. The molecule has 0 saturated heterocycles. The second-order valence-corrected chi connectivity index (χ2v) is 6.24. The minimum Gasteiger partial charge on any atom is -0.376 e. The van der Waals surface area contributed by atoms with Crippen LogP contribution in [-0.4, -0.2) is 32.2 Å². The molecule has 4 nitrogen and oxygen atoms in total. The van der Waals surface area contributed by atoms with Crippen molar-refractivity contribution < 1.29 is 4.74 Å². The lowest BCUT2D eigenvalue weighted by atomic mass is 10.1. The third-order valence-corrected chi connectivity index (χ3v) is 3.72. The summed E-state index contributed by atoms with van der Waals surface area (Å²) in [4.78, 5) is 4.26. The van der Waals surface area contributed by atoms with Crippen molar-refractivity contribution in [1.29, 1.82) is 0 Å². The molecule has 0 aliphatic carbocycles. The fraction of sp³-hybridized carbons (Fsp3) is 0.611. The van der Waals surface area contributed by atoms with Crippen molar-refractivity contribution >= 4 is 29.9 Å². The fourth-order valence-electron chi connectivity index (χ4n) is 1.86.